The summed E-state index contributed by atoms with van der Waals surface area (Å²) in [5, 5.41) is 7.39. The van der Waals surface area contributed by atoms with Crippen LogP contribution in [-0.2, 0) is 0 Å². The van der Waals surface area contributed by atoms with E-state index in [0.717, 1.165) is 32.7 Å². The highest BCUT2D eigenvalue weighted by Gasteiger charge is 2.18. The third-order valence-electron chi connectivity index (χ3n) is 3.11. The van der Waals surface area contributed by atoms with Crippen LogP contribution >= 0.6 is 0 Å². The van der Waals surface area contributed by atoms with Crippen LogP contribution in [0.3, 0.4) is 0 Å². The number of hydrogen-bond acceptors (Lipinski definition) is 5. The lowest BCUT2D eigenvalue weighted by Crippen LogP contribution is -2.47. The van der Waals surface area contributed by atoms with Crippen LogP contribution < -0.4 is 10.6 Å². The molecule has 0 spiro atoms. The van der Waals surface area contributed by atoms with E-state index in [4.69, 9.17) is 11.1 Å². The lowest BCUT2D eigenvalue weighted by Gasteiger charge is -2.34. The number of nitrogen functional groups attached to an aromatic ring is 1. The predicted octanol–water partition coefficient (Wildman–Crippen LogP) is 0.293. The van der Waals surface area contributed by atoms with Crippen molar-refractivity contribution in [3.05, 3.63) is 18.0 Å². The predicted molar refractivity (Wildman–Crippen MR) is 72.0 cm³/mol. The Morgan fingerprint density at radius 2 is 2.11 bits per heavy atom. The van der Waals surface area contributed by atoms with E-state index in [-0.39, 0.29) is 5.84 Å². The van der Waals surface area contributed by atoms with Crippen molar-refractivity contribution in [3.8, 4) is 0 Å². The minimum atomic E-state index is -0.0109. The highest BCUT2D eigenvalue weighted by molar-refractivity contribution is 5.93. The number of anilines is 1. The van der Waals surface area contributed by atoms with Crippen LogP contribution in [0.4, 0.5) is 5.95 Å². The van der Waals surface area contributed by atoms with Gasteiger partial charge >= 0.3 is 0 Å². The number of aromatic nitrogens is 2. The summed E-state index contributed by atoms with van der Waals surface area (Å²) in [6, 6.07) is 1.67. The monoisotopic (exact) mass is 248 g/mol. The van der Waals surface area contributed by atoms with E-state index in [1.807, 2.05) is 0 Å². The van der Waals surface area contributed by atoms with Crippen LogP contribution in [0.15, 0.2) is 12.3 Å². The average molecular weight is 248 g/mol. The Balaban J connectivity index is 2.01. The molecule has 0 bridgehead atoms. The van der Waals surface area contributed by atoms with Crippen molar-refractivity contribution < 1.29 is 0 Å². The zero-order valence-corrected chi connectivity index (χ0v) is 10.8. The quantitative estimate of drug-likeness (QED) is 0.591. The third-order valence-corrected chi connectivity index (χ3v) is 3.11. The fraction of sp³-hybridized carbons (Fsp3) is 0.583. The molecule has 1 saturated heterocycles. The molecule has 6 nitrogen and oxygen atoms in total. The first-order valence-electron chi connectivity index (χ1n) is 6.35. The summed E-state index contributed by atoms with van der Waals surface area (Å²) in [6.07, 6.45) is 2.85. The van der Waals surface area contributed by atoms with Crippen molar-refractivity contribution in [2.24, 2.45) is 5.73 Å². The van der Waals surface area contributed by atoms with E-state index in [0.29, 0.717) is 11.6 Å². The van der Waals surface area contributed by atoms with Gasteiger partial charge in [-0.15, -0.1) is 0 Å². The number of rotatable bonds is 4. The van der Waals surface area contributed by atoms with Crippen LogP contribution in [0, 0.1) is 5.41 Å². The molecular weight excluding hydrogens is 228 g/mol. The highest BCUT2D eigenvalue weighted by atomic mass is 15.3. The minimum Gasteiger partial charge on any atom is -0.382 e. The maximum absolute atomic E-state index is 7.39. The molecule has 6 heteroatoms. The summed E-state index contributed by atoms with van der Waals surface area (Å²) in [5.74, 6) is 0.669. The van der Waals surface area contributed by atoms with Crippen molar-refractivity contribution in [3.63, 3.8) is 0 Å². The van der Waals surface area contributed by atoms with Crippen molar-refractivity contribution in [1.82, 2.24) is 14.9 Å². The molecule has 0 amide bonds. The molecule has 0 aliphatic carbocycles. The van der Waals surface area contributed by atoms with Crippen LogP contribution in [0.5, 0.6) is 0 Å². The Morgan fingerprint density at radius 3 is 2.72 bits per heavy atom. The fourth-order valence-electron chi connectivity index (χ4n) is 2.14. The maximum atomic E-state index is 7.39. The lowest BCUT2D eigenvalue weighted by atomic mass is 10.3. The zero-order valence-electron chi connectivity index (χ0n) is 10.8. The van der Waals surface area contributed by atoms with Gasteiger partial charge in [0, 0.05) is 32.4 Å². The van der Waals surface area contributed by atoms with Crippen LogP contribution in [0.25, 0.3) is 0 Å². The van der Waals surface area contributed by atoms with Gasteiger partial charge in [0.1, 0.15) is 11.5 Å². The molecule has 2 rings (SSSR count). The molecule has 1 aliphatic rings. The van der Waals surface area contributed by atoms with E-state index in [1.54, 1.807) is 12.3 Å². The van der Waals surface area contributed by atoms with Gasteiger partial charge in [-0.05, 0) is 19.0 Å². The molecule has 0 radical (unpaired) electrons. The molecule has 1 aliphatic heterocycles. The van der Waals surface area contributed by atoms with E-state index in [9.17, 15) is 0 Å². The second-order valence-electron chi connectivity index (χ2n) is 4.48. The number of amidine groups is 1. The first kappa shape index (κ1) is 12.8. The Labute approximate surface area is 107 Å². The first-order valence-corrected chi connectivity index (χ1v) is 6.35. The van der Waals surface area contributed by atoms with Gasteiger partial charge in [0.25, 0.3) is 0 Å². The maximum Gasteiger partial charge on any atom is 0.226 e. The summed E-state index contributed by atoms with van der Waals surface area (Å²) >= 11 is 0. The van der Waals surface area contributed by atoms with Crippen LogP contribution in [-0.4, -0.2) is 53.4 Å². The van der Waals surface area contributed by atoms with Crippen LogP contribution in [0.2, 0.25) is 0 Å². The van der Waals surface area contributed by atoms with Gasteiger partial charge in [-0.25, -0.2) is 9.97 Å². The second kappa shape index (κ2) is 5.77. The first-order chi connectivity index (χ1) is 8.70. The molecular formula is C12H20N6. The topological polar surface area (TPSA) is 82.1 Å². The summed E-state index contributed by atoms with van der Waals surface area (Å²) < 4.78 is 0. The van der Waals surface area contributed by atoms with Gasteiger partial charge in [-0.3, -0.25) is 10.3 Å². The molecule has 2 heterocycles. The molecule has 98 valence electrons. The van der Waals surface area contributed by atoms with E-state index in [2.05, 4.69) is 26.7 Å². The third kappa shape index (κ3) is 2.95. The fourth-order valence-corrected chi connectivity index (χ4v) is 2.14. The number of piperazine rings is 1. The van der Waals surface area contributed by atoms with Gasteiger partial charge in [0.15, 0.2) is 0 Å². The van der Waals surface area contributed by atoms with E-state index >= 15 is 0 Å². The minimum absolute atomic E-state index is 0.0109. The average Bonchev–Trinajstić information content (AvgIpc) is 2.40. The zero-order chi connectivity index (χ0) is 13.0. The second-order valence-corrected chi connectivity index (χ2v) is 4.48. The number of hydrogen-bond donors (Lipinski definition) is 2. The number of nitrogens with zero attached hydrogens (tertiary/aromatic N) is 4. The van der Waals surface area contributed by atoms with Crippen LogP contribution in [0.1, 0.15) is 19.0 Å². The van der Waals surface area contributed by atoms with Crippen molar-refractivity contribution in [2.45, 2.75) is 13.3 Å². The van der Waals surface area contributed by atoms with Gasteiger partial charge in [-0.1, -0.05) is 6.92 Å². The molecule has 1 fully saturated rings. The number of nitrogens with two attached hydrogens (primary N) is 1. The van der Waals surface area contributed by atoms with E-state index in [1.165, 1.54) is 6.42 Å². The Kier molecular flexibility index (Phi) is 4.09. The summed E-state index contributed by atoms with van der Waals surface area (Å²) in [5.41, 5.74) is 5.94. The summed E-state index contributed by atoms with van der Waals surface area (Å²) in [7, 11) is 0. The molecule has 0 aromatic carbocycles. The highest BCUT2D eigenvalue weighted by Crippen LogP contribution is 2.11. The molecule has 3 N–H and O–H groups in total. The smallest absolute Gasteiger partial charge is 0.226 e. The Morgan fingerprint density at radius 1 is 1.39 bits per heavy atom. The van der Waals surface area contributed by atoms with Gasteiger partial charge in [0.05, 0.1) is 0 Å². The molecule has 1 aromatic heterocycles. The Hall–Kier alpha value is -1.69. The van der Waals surface area contributed by atoms with E-state index < -0.39 is 0 Å². The van der Waals surface area contributed by atoms with Gasteiger partial charge in [-0.2, -0.15) is 0 Å². The molecule has 0 unspecified atom stereocenters. The van der Waals surface area contributed by atoms with Gasteiger partial charge in [0.2, 0.25) is 5.95 Å². The lowest BCUT2D eigenvalue weighted by molar-refractivity contribution is 0.257. The van der Waals surface area contributed by atoms with Crippen molar-refractivity contribution in [2.75, 3.05) is 37.6 Å². The molecule has 18 heavy (non-hydrogen) atoms. The summed E-state index contributed by atoms with van der Waals surface area (Å²) in [4.78, 5) is 13.2. The Bertz CT molecular complexity index is 411. The van der Waals surface area contributed by atoms with Gasteiger partial charge < -0.3 is 10.6 Å². The molecule has 1 aromatic rings. The molecule has 0 saturated carbocycles. The standard InChI is InChI=1S/C12H20N6/c1-2-5-17-6-8-18(9-7-17)12-15-4-3-10(16-12)11(13)14/h3-4H,2,5-9H2,1H3,(H3,13,14). The number of nitrogens with one attached hydrogen (secondary N) is 1. The van der Waals surface area contributed by atoms with Crippen molar-refractivity contribution >= 4 is 11.8 Å². The summed E-state index contributed by atoms with van der Waals surface area (Å²) in [6.45, 7) is 7.31. The van der Waals surface area contributed by atoms with Crippen molar-refractivity contribution in [1.29, 1.82) is 5.41 Å². The largest absolute Gasteiger partial charge is 0.382 e. The normalized spacial score (nSPS) is 16.8. The molecule has 0 atom stereocenters. The SMILES string of the molecule is CCCN1CCN(c2nccc(C(=N)N)n2)CC1.